The maximum absolute atomic E-state index is 5.72. The molecule has 1 rings (SSSR count). The lowest BCUT2D eigenvalue weighted by molar-refractivity contribution is 0.406. The Morgan fingerprint density at radius 1 is 1.47 bits per heavy atom. The summed E-state index contributed by atoms with van der Waals surface area (Å²) in [6.07, 6.45) is 1.12. The van der Waals surface area contributed by atoms with Gasteiger partial charge in [-0.3, -0.25) is 0 Å². The zero-order valence-electron chi connectivity index (χ0n) is 9.92. The molecule has 86 valence electrons. The minimum absolute atomic E-state index is 0.428. The number of nitrogens with two attached hydrogens (primary N) is 1. The molecule has 0 amide bonds. The second-order valence-corrected chi connectivity index (χ2v) is 5.19. The Hall–Kier alpha value is -0.380. The fourth-order valence-corrected chi connectivity index (χ4v) is 2.58. The lowest BCUT2D eigenvalue weighted by Gasteiger charge is -2.20. The molecule has 3 N–H and O–H groups in total. The highest BCUT2D eigenvalue weighted by atomic mass is 32.1. The summed E-state index contributed by atoms with van der Waals surface area (Å²) in [6, 6.07) is 2.64. The third-order valence-corrected chi connectivity index (χ3v) is 3.77. The largest absolute Gasteiger partial charge is 0.329 e. The topological polar surface area (TPSA) is 38.0 Å². The van der Waals surface area contributed by atoms with Gasteiger partial charge in [0, 0.05) is 24.0 Å². The molecule has 15 heavy (non-hydrogen) atoms. The molecule has 1 unspecified atom stereocenters. The van der Waals surface area contributed by atoms with Gasteiger partial charge >= 0.3 is 0 Å². The second-order valence-electron chi connectivity index (χ2n) is 4.19. The van der Waals surface area contributed by atoms with Crippen LogP contribution in [0.2, 0.25) is 0 Å². The quantitative estimate of drug-likeness (QED) is 0.781. The van der Waals surface area contributed by atoms with Crippen LogP contribution in [0.5, 0.6) is 0 Å². The van der Waals surface area contributed by atoms with Gasteiger partial charge in [0.25, 0.3) is 0 Å². The Morgan fingerprint density at radius 3 is 2.73 bits per heavy atom. The summed E-state index contributed by atoms with van der Waals surface area (Å²) in [4.78, 5) is 1.46. The molecule has 1 aromatic heterocycles. The van der Waals surface area contributed by atoms with Gasteiger partial charge in [-0.15, -0.1) is 11.3 Å². The van der Waals surface area contributed by atoms with E-state index in [-0.39, 0.29) is 0 Å². The van der Waals surface area contributed by atoms with Gasteiger partial charge in [0.05, 0.1) is 0 Å². The monoisotopic (exact) mass is 226 g/mol. The van der Waals surface area contributed by atoms with Gasteiger partial charge in [0.15, 0.2) is 0 Å². The molecule has 0 saturated carbocycles. The van der Waals surface area contributed by atoms with Gasteiger partial charge < -0.3 is 11.1 Å². The maximum atomic E-state index is 5.72. The van der Waals surface area contributed by atoms with Crippen molar-refractivity contribution in [1.29, 1.82) is 0 Å². The van der Waals surface area contributed by atoms with E-state index >= 15 is 0 Å². The van der Waals surface area contributed by atoms with E-state index in [1.807, 2.05) is 11.3 Å². The molecule has 0 spiro atoms. The molecule has 1 heterocycles. The molecule has 1 atom stereocenters. The first kappa shape index (κ1) is 12.7. The average molecular weight is 226 g/mol. The van der Waals surface area contributed by atoms with Crippen LogP contribution in [-0.2, 0) is 13.0 Å². The number of nitrogens with one attached hydrogen (secondary N) is 1. The number of hydrogen-bond donors (Lipinski definition) is 2. The van der Waals surface area contributed by atoms with E-state index < -0.39 is 0 Å². The minimum atomic E-state index is 0.428. The van der Waals surface area contributed by atoms with Gasteiger partial charge in [-0.2, -0.15) is 0 Å². The number of hydrogen-bond acceptors (Lipinski definition) is 3. The molecule has 0 fully saturated rings. The molecule has 0 bridgehead atoms. The first-order valence-corrected chi connectivity index (χ1v) is 6.55. The van der Waals surface area contributed by atoms with Gasteiger partial charge in [-0.25, -0.2) is 0 Å². The van der Waals surface area contributed by atoms with Crippen molar-refractivity contribution in [3.8, 4) is 0 Å². The molecule has 1 aromatic rings. The second kappa shape index (κ2) is 6.26. The zero-order chi connectivity index (χ0) is 11.3. The Balaban J connectivity index is 2.48. The van der Waals surface area contributed by atoms with Crippen LogP contribution in [0.1, 0.15) is 31.2 Å². The smallest absolute Gasteiger partial charge is 0.0305 e. The van der Waals surface area contributed by atoms with Crippen molar-refractivity contribution in [1.82, 2.24) is 5.32 Å². The first-order valence-electron chi connectivity index (χ1n) is 5.67. The lowest BCUT2D eigenvalue weighted by Crippen LogP contribution is -2.39. The summed E-state index contributed by atoms with van der Waals surface area (Å²) >= 11 is 1.83. The Kier molecular flexibility index (Phi) is 5.29. The van der Waals surface area contributed by atoms with Crippen LogP contribution < -0.4 is 11.1 Å². The molecule has 0 aliphatic heterocycles. The molecule has 0 aliphatic carbocycles. The van der Waals surface area contributed by atoms with Crippen molar-refractivity contribution in [3.63, 3.8) is 0 Å². The minimum Gasteiger partial charge on any atom is -0.329 e. The third-order valence-electron chi connectivity index (χ3n) is 2.80. The Morgan fingerprint density at radius 2 is 2.20 bits per heavy atom. The zero-order valence-corrected chi connectivity index (χ0v) is 10.7. The summed E-state index contributed by atoms with van der Waals surface area (Å²) in [5, 5.41) is 5.70. The number of aryl methyl sites for hydroxylation is 1. The van der Waals surface area contributed by atoms with Crippen LogP contribution >= 0.6 is 11.3 Å². The highest BCUT2D eigenvalue weighted by molar-refractivity contribution is 7.10. The number of rotatable bonds is 6. The average Bonchev–Trinajstić information content (AvgIpc) is 2.65. The molecule has 2 nitrogen and oxygen atoms in total. The van der Waals surface area contributed by atoms with Crippen molar-refractivity contribution in [2.75, 3.05) is 6.54 Å². The van der Waals surface area contributed by atoms with E-state index in [0.717, 1.165) is 13.0 Å². The van der Waals surface area contributed by atoms with E-state index in [1.54, 1.807) is 0 Å². The van der Waals surface area contributed by atoms with Crippen LogP contribution in [0, 0.1) is 5.92 Å². The first-order chi connectivity index (χ1) is 7.19. The predicted octanol–water partition coefficient (Wildman–Crippen LogP) is 2.38. The molecule has 3 heteroatoms. The van der Waals surface area contributed by atoms with Crippen molar-refractivity contribution in [2.45, 2.75) is 39.8 Å². The lowest BCUT2D eigenvalue weighted by atomic mass is 10.0. The van der Waals surface area contributed by atoms with E-state index in [4.69, 9.17) is 5.73 Å². The van der Waals surface area contributed by atoms with Crippen molar-refractivity contribution in [2.24, 2.45) is 11.7 Å². The fourth-order valence-electron chi connectivity index (χ4n) is 1.65. The predicted molar refractivity (Wildman–Crippen MR) is 68.2 cm³/mol. The normalized spacial score (nSPS) is 13.4. The summed E-state index contributed by atoms with van der Waals surface area (Å²) in [6.45, 7) is 8.29. The molecule has 0 aromatic carbocycles. The molecule has 0 aliphatic rings. The third kappa shape index (κ3) is 3.59. The van der Waals surface area contributed by atoms with Gasteiger partial charge in [-0.05, 0) is 29.3 Å². The van der Waals surface area contributed by atoms with Crippen molar-refractivity contribution < 1.29 is 0 Å². The van der Waals surface area contributed by atoms with Gasteiger partial charge in [0.2, 0.25) is 0 Å². The maximum Gasteiger partial charge on any atom is 0.0305 e. The molecular weight excluding hydrogens is 204 g/mol. The van der Waals surface area contributed by atoms with E-state index in [0.29, 0.717) is 18.5 Å². The van der Waals surface area contributed by atoms with Crippen molar-refractivity contribution >= 4 is 11.3 Å². The SMILES string of the molecule is CCc1ccsc1CNC(CN)C(C)C. The van der Waals surface area contributed by atoms with Crippen LogP contribution in [-0.4, -0.2) is 12.6 Å². The molecule has 0 radical (unpaired) electrons. The highest BCUT2D eigenvalue weighted by Gasteiger charge is 2.11. The Bertz CT molecular complexity index is 281. The van der Waals surface area contributed by atoms with Gasteiger partial charge in [0.1, 0.15) is 0 Å². The summed E-state index contributed by atoms with van der Waals surface area (Å²) in [5.74, 6) is 0.597. The summed E-state index contributed by atoms with van der Waals surface area (Å²) in [7, 11) is 0. The standard InChI is InChI=1S/C12H22N2S/c1-4-10-5-6-15-12(10)8-14-11(7-13)9(2)3/h5-6,9,11,14H,4,7-8,13H2,1-3H3. The van der Waals surface area contributed by atoms with Crippen LogP contribution in [0.15, 0.2) is 11.4 Å². The Labute approximate surface area is 96.9 Å². The highest BCUT2D eigenvalue weighted by Crippen LogP contribution is 2.17. The van der Waals surface area contributed by atoms with Crippen molar-refractivity contribution in [3.05, 3.63) is 21.9 Å². The van der Waals surface area contributed by atoms with E-state index in [1.165, 1.54) is 10.4 Å². The van der Waals surface area contributed by atoms with Gasteiger partial charge in [-0.1, -0.05) is 20.8 Å². The van der Waals surface area contributed by atoms with Crippen LogP contribution in [0.25, 0.3) is 0 Å². The molecule has 0 saturated heterocycles. The summed E-state index contributed by atoms with van der Waals surface area (Å²) in [5.41, 5.74) is 7.19. The number of thiophene rings is 1. The fraction of sp³-hybridized carbons (Fsp3) is 0.667. The summed E-state index contributed by atoms with van der Waals surface area (Å²) < 4.78 is 0. The van der Waals surface area contributed by atoms with E-state index in [2.05, 4.69) is 37.5 Å². The van der Waals surface area contributed by atoms with E-state index in [9.17, 15) is 0 Å². The van der Waals surface area contributed by atoms with Crippen LogP contribution in [0.4, 0.5) is 0 Å². The van der Waals surface area contributed by atoms with Crippen LogP contribution in [0.3, 0.4) is 0 Å². The molecular formula is C12H22N2S.